The first-order valence-corrected chi connectivity index (χ1v) is 9.64. The van der Waals surface area contributed by atoms with Crippen LogP contribution in [0.15, 0.2) is 29.3 Å². The Morgan fingerprint density at radius 3 is 2.67 bits per heavy atom. The van der Waals surface area contributed by atoms with E-state index >= 15 is 0 Å². The van der Waals surface area contributed by atoms with Crippen molar-refractivity contribution in [2.45, 2.75) is 19.4 Å². The number of methoxy groups -OCH3 is 1. The molecule has 1 aliphatic rings. The zero-order chi connectivity index (χ0) is 18.6. The number of halogens is 1. The van der Waals surface area contributed by atoms with Crippen LogP contribution in [0.5, 0.6) is 0 Å². The van der Waals surface area contributed by atoms with Gasteiger partial charge in [-0.1, -0.05) is 24.3 Å². The standard InChI is InChI=1S/C20H35N5O.HI/c1-21-20(22-10-14-24(2)12-6-16-26-3)23-11-15-25-13-9-18-7-4-5-8-19(18)17-25;/h4-5,7-8H,6,9-17H2,1-3H3,(H2,21,22,23);1H. The van der Waals surface area contributed by atoms with Gasteiger partial charge in [0.2, 0.25) is 0 Å². The molecule has 0 atom stereocenters. The highest BCUT2D eigenvalue weighted by Crippen LogP contribution is 2.17. The molecule has 0 aliphatic carbocycles. The number of guanidine groups is 1. The summed E-state index contributed by atoms with van der Waals surface area (Å²) in [5.74, 6) is 0.882. The lowest BCUT2D eigenvalue weighted by Crippen LogP contribution is -2.44. The molecule has 7 heteroatoms. The molecular weight excluding hydrogens is 453 g/mol. The van der Waals surface area contributed by atoms with E-state index in [1.807, 2.05) is 7.05 Å². The smallest absolute Gasteiger partial charge is 0.191 e. The maximum atomic E-state index is 5.09. The molecule has 0 saturated heterocycles. The number of fused-ring (bicyclic) bond motifs is 1. The van der Waals surface area contributed by atoms with Crippen LogP contribution in [0, 0.1) is 0 Å². The van der Waals surface area contributed by atoms with Gasteiger partial charge < -0.3 is 20.3 Å². The first-order chi connectivity index (χ1) is 12.7. The van der Waals surface area contributed by atoms with Crippen LogP contribution in [-0.4, -0.2) is 82.8 Å². The quantitative estimate of drug-likeness (QED) is 0.227. The van der Waals surface area contributed by atoms with Crippen molar-refractivity contribution in [3.63, 3.8) is 0 Å². The predicted molar refractivity (Wildman–Crippen MR) is 124 cm³/mol. The molecule has 0 unspecified atom stereocenters. The van der Waals surface area contributed by atoms with Crippen LogP contribution in [0.1, 0.15) is 17.5 Å². The second-order valence-electron chi connectivity index (χ2n) is 6.87. The highest BCUT2D eigenvalue weighted by Gasteiger charge is 2.15. The molecule has 6 nitrogen and oxygen atoms in total. The number of rotatable bonds is 10. The number of hydrogen-bond donors (Lipinski definition) is 2. The van der Waals surface area contributed by atoms with Crippen molar-refractivity contribution in [3.05, 3.63) is 35.4 Å². The second-order valence-corrected chi connectivity index (χ2v) is 6.87. The molecule has 0 saturated carbocycles. The fourth-order valence-electron chi connectivity index (χ4n) is 3.25. The molecule has 0 bridgehead atoms. The van der Waals surface area contributed by atoms with Crippen molar-refractivity contribution in [2.75, 3.05) is 67.1 Å². The Hall–Kier alpha value is -0.900. The molecule has 2 N–H and O–H groups in total. The van der Waals surface area contributed by atoms with Crippen molar-refractivity contribution in [1.82, 2.24) is 20.4 Å². The van der Waals surface area contributed by atoms with Crippen molar-refractivity contribution < 1.29 is 4.74 Å². The Bertz CT molecular complexity index is 555. The van der Waals surface area contributed by atoms with E-state index in [1.165, 1.54) is 11.1 Å². The molecule has 1 aromatic carbocycles. The van der Waals surface area contributed by atoms with Gasteiger partial charge in [0.15, 0.2) is 5.96 Å². The van der Waals surface area contributed by atoms with E-state index in [2.05, 4.69) is 56.7 Å². The highest BCUT2D eigenvalue weighted by molar-refractivity contribution is 14.0. The SMILES string of the molecule is CN=C(NCCN(C)CCCOC)NCCN1CCc2ccccc2C1.I. The molecular formula is C20H36IN5O. The number of likely N-dealkylation sites (N-methyl/N-ethyl adjacent to an activating group) is 1. The lowest BCUT2D eigenvalue weighted by atomic mass is 10.00. The molecule has 2 rings (SSSR count). The average molecular weight is 489 g/mol. The third kappa shape index (κ3) is 9.23. The van der Waals surface area contributed by atoms with E-state index in [9.17, 15) is 0 Å². The van der Waals surface area contributed by atoms with Gasteiger partial charge in [0.05, 0.1) is 0 Å². The normalized spacial score (nSPS) is 14.6. The second kappa shape index (κ2) is 14.1. The largest absolute Gasteiger partial charge is 0.385 e. The number of ether oxygens (including phenoxy) is 1. The summed E-state index contributed by atoms with van der Waals surface area (Å²) in [5.41, 5.74) is 2.97. The van der Waals surface area contributed by atoms with Crippen LogP contribution in [0.2, 0.25) is 0 Å². The summed E-state index contributed by atoms with van der Waals surface area (Å²) in [6, 6.07) is 8.78. The minimum atomic E-state index is 0. The molecule has 0 fully saturated rings. The van der Waals surface area contributed by atoms with E-state index in [4.69, 9.17) is 4.74 Å². The number of aliphatic imine (C=N–C) groups is 1. The maximum Gasteiger partial charge on any atom is 0.191 e. The van der Waals surface area contributed by atoms with Gasteiger partial charge in [0, 0.05) is 66.6 Å². The topological polar surface area (TPSA) is 52.1 Å². The van der Waals surface area contributed by atoms with Gasteiger partial charge in [-0.3, -0.25) is 9.89 Å². The summed E-state index contributed by atoms with van der Waals surface area (Å²) in [5, 5.41) is 6.82. The van der Waals surface area contributed by atoms with Gasteiger partial charge in [-0.05, 0) is 31.0 Å². The molecule has 0 radical (unpaired) electrons. The molecule has 1 aromatic rings. The lowest BCUT2D eigenvalue weighted by molar-refractivity contribution is 0.180. The zero-order valence-corrected chi connectivity index (χ0v) is 19.4. The highest BCUT2D eigenvalue weighted by atomic mass is 127. The van der Waals surface area contributed by atoms with E-state index in [0.717, 1.165) is 71.2 Å². The molecule has 0 aromatic heterocycles. The van der Waals surface area contributed by atoms with Gasteiger partial charge in [0.1, 0.15) is 0 Å². The Kier molecular flexibility index (Phi) is 12.6. The number of nitrogens with one attached hydrogen (secondary N) is 2. The third-order valence-electron chi connectivity index (χ3n) is 4.83. The zero-order valence-electron chi connectivity index (χ0n) is 17.0. The fourth-order valence-corrected chi connectivity index (χ4v) is 3.25. The molecule has 1 heterocycles. The van der Waals surface area contributed by atoms with E-state index in [1.54, 1.807) is 7.11 Å². The summed E-state index contributed by atoms with van der Waals surface area (Å²) < 4.78 is 5.09. The summed E-state index contributed by atoms with van der Waals surface area (Å²) >= 11 is 0. The first kappa shape index (κ1) is 24.1. The third-order valence-corrected chi connectivity index (χ3v) is 4.83. The molecule has 27 heavy (non-hydrogen) atoms. The van der Waals surface area contributed by atoms with E-state index < -0.39 is 0 Å². The Morgan fingerprint density at radius 1 is 1.19 bits per heavy atom. The number of hydrogen-bond acceptors (Lipinski definition) is 4. The van der Waals surface area contributed by atoms with Crippen molar-refractivity contribution >= 4 is 29.9 Å². The predicted octanol–water partition coefficient (Wildman–Crippen LogP) is 1.80. The van der Waals surface area contributed by atoms with Crippen molar-refractivity contribution in [2.24, 2.45) is 4.99 Å². The first-order valence-electron chi connectivity index (χ1n) is 9.64. The Labute approximate surface area is 181 Å². The van der Waals surface area contributed by atoms with Crippen LogP contribution in [0.25, 0.3) is 0 Å². The summed E-state index contributed by atoms with van der Waals surface area (Å²) in [6.45, 7) is 7.89. The van der Waals surface area contributed by atoms with Crippen LogP contribution in [-0.2, 0) is 17.7 Å². The molecule has 154 valence electrons. The van der Waals surface area contributed by atoms with Gasteiger partial charge in [-0.15, -0.1) is 24.0 Å². The van der Waals surface area contributed by atoms with Gasteiger partial charge in [-0.2, -0.15) is 0 Å². The fraction of sp³-hybridized carbons (Fsp3) is 0.650. The number of benzene rings is 1. The lowest BCUT2D eigenvalue weighted by Gasteiger charge is -2.29. The number of nitrogens with zero attached hydrogens (tertiary/aromatic N) is 3. The monoisotopic (exact) mass is 489 g/mol. The van der Waals surface area contributed by atoms with Gasteiger partial charge in [0.25, 0.3) is 0 Å². The van der Waals surface area contributed by atoms with Crippen LogP contribution >= 0.6 is 24.0 Å². The summed E-state index contributed by atoms with van der Waals surface area (Å²) in [4.78, 5) is 9.13. The Morgan fingerprint density at radius 2 is 1.93 bits per heavy atom. The van der Waals surface area contributed by atoms with Crippen LogP contribution in [0.3, 0.4) is 0 Å². The van der Waals surface area contributed by atoms with E-state index in [-0.39, 0.29) is 24.0 Å². The van der Waals surface area contributed by atoms with Crippen molar-refractivity contribution in [1.29, 1.82) is 0 Å². The Balaban J connectivity index is 0.00000364. The summed E-state index contributed by atoms with van der Waals surface area (Å²) in [7, 11) is 5.72. The molecule has 0 spiro atoms. The average Bonchev–Trinajstić information content (AvgIpc) is 2.67. The van der Waals surface area contributed by atoms with E-state index in [0.29, 0.717) is 0 Å². The summed E-state index contributed by atoms with van der Waals surface area (Å²) in [6.07, 6.45) is 2.22. The van der Waals surface area contributed by atoms with Gasteiger partial charge >= 0.3 is 0 Å². The van der Waals surface area contributed by atoms with Crippen LogP contribution < -0.4 is 10.6 Å². The molecule has 0 amide bonds. The van der Waals surface area contributed by atoms with Crippen LogP contribution in [0.4, 0.5) is 0 Å². The van der Waals surface area contributed by atoms with Crippen molar-refractivity contribution in [3.8, 4) is 0 Å². The molecule has 1 aliphatic heterocycles. The maximum absolute atomic E-state index is 5.09. The van der Waals surface area contributed by atoms with Gasteiger partial charge in [-0.25, -0.2) is 0 Å². The minimum Gasteiger partial charge on any atom is -0.385 e. The minimum absolute atomic E-state index is 0.